The Kier molecular flexibility index (Phi) is 6.07. The number of aromatic nitrogens is 3. The van der Waals surface area contributed by atoms with E-state index in [1.807, 2.05) is 23.6 Å². The highest BCUT2D eigenvalue weighted by Gasteiger charge is 2.23. The van der Waals surface area contributed by atoms with E-state index in [-0.39, 0.29) is 12.5 Å². The zero-order chi connectivity index (χ0) is 22.8. The first kappa shape index (κ1) is 21.6. The third kappa shape index (κ3) is 4.34. The molecule has 1 aliphatic heterocycles. The summed E-state index contributed by atoms with van der Waals surface area (Å²) in [5, 5.41) is 5.55. The molecule has 0 aliphatic carbocycles. The molecule has 1 N–H and O–H groups in total. The van der Waals surface area contributed by atoms with Crippen LogP contribution in [-0.2, 0) is 16.1 Å². The van der Waals surface area contributed by atoms with E-state index in [4.69, 9.17) is 14.5 Å². The Morgan fingerprint density at radius 1 is 1.18 bits per heavy atom. The van der Waals surface area contributed by atoms with Gasteiger partial charge in [0.25, 0.3) is 0 Å². The Hall–Kier alpha value is -3.28. The Labute approximate surface area is 197 Å². The molecular formula is C22H21N5O4S2. The number of methoxy groups -OCH3 is 1. The van der Waals surface area contributed by atoms with Crippen molar-refractivity contribution < 1.29 is 14.3 Å². The molecule has 0 atom stereocenters. The Morgan fingerprint density at radius 2 is 2.00 bits per heavy atom. The van der Waals surface area contributed by atoms with Crippen molar-refractivity contribution in [3.63, 3.8) is 0 Å². The number of fused-ring (bicyclic) bond motifs is 1. The summed E-state index contributed by atoms with van der Waals surface area (Å²) in [6.07, 6.45) is 0. The molecule has 3 aromatic heterocycles. The molecule has 0 spiro atoms. The van der Waals surface area contributed by atoms with Crippen LogP contribution in [0.2, 0.25) is 0 Å². The molecule has 0 unspecified atom stereocenters. The number of hydrogen-bond donors (Lipinski definition) is 1. The molecule has 33 heavy (non-hydrogen) atoms. The van der Waals surface area contributed by atoms with Crippen LogP contribution in [0.5, 0.6) is 5.75 Å². The Bertz CT molecular complexity index is 1340. The van der Waals surface area contributed by atoms with Gasteiger partial charge in [0.1, 0.15) is 28.3 Å². The molecule has 4 heterocycles. The summed E-state index contributed by atoms with van der Waals surface area (Å²) in [7, 11) is 1.54. The van der Waals surface area contributed by atoms with Crippen molar-refractivity contribution in [3.8, 4) is 16.3 Å². The first-order valence-electron chi connectivity index (χ1n) is 10.3. The van der Waals surface area contributed by atoms with Gasteiger partial charge in [-0.2, -0.15) is 4.98 Å². The van der Waals surface area contributed by atoms with Gasteiger partial charge in [0, 0.05) is 13.1 Å². The molecule has 1 saturated heterocycles. The van der Waals surface area contributed by atoms with Crippen LogP contribution in [0.25, 0.3) is 20.9 Å². The van der Waals surface area contributed by atoms with E-state index in [2.05, 4.69) is 15.2 Å². The number of carbonyl (C=O) groups excluding carboxylic acids is 1. The van der Waals surface area contributed by atoms with Crippen LogP contribution in [0.4, 0.5) is 10.8 Å². The molecule has 1 fully saturated rings. The second-order valence-electron chi connectivity index (χ2n) is 7.30. The molecule has 0 bridgehead atoms. The van der Waals surface area contributed by atoms with E-state index < -0.39 is 5.69 Å². The summed E-state index contributed by atoms with van der Waals surface area (Å²) >= 11 is 2.89. The number of thiophene rings is 1. The van der Waals surface area contributed by atoms with Gasteiger partial charge in [-0.3, -0.25) is 9.36 Å². The van der Waals surface area contributed by atoms with Gasteiger partial charge in [0.15, 0.2) is 5.13 Å². The highest BCUT2D eigenvalue weighted by Crippen LogP contribution is 2.35. The minimum Gasteiger partial charge on any atom is -0.495 e. The number of para-hydroxylation sites is 2. The fraction of sp³-hybridized carbons (Fsp3) is 0.273. The predicted molar refractivity (Wildman–Crippen MR) is 130 cm³/mol. The van der Waals surface area contributed by atoms with Crippen LogP contribution in [0.1, 0.15) is 0 Å². The summed E-state index contributed by atoms with van der Waals surface area (Å²) in [5.41, 5.74) is 1.21. The van der Waals surface area contributed by atoms with Crippen LogP contribution in [0.3, 0.4) is 0 Å². The van der Waals surface area contributed by atoms with Gasteiger partial charge in [-0.05, 0) is 23.6 Å². The van der Waals surface area contributed by atoms with Crippen molar-refractivity contribution in [3.05, 3.63) is 52.3 Å². The smallest absolute Gasteiger partial charge is 0.349 e. The van der Waals surface area contributed by atoms with Crippen molar-refractivity contribution in [2.75, 3.05) is 43.6 Å². The molecule has 1 aromatic carbocycles. The van der Waals surface area contributed by atoms with Gasteiger partial charge in [0.05, 0.1) is 30.9 Å². The van der Waals surface area contributed by atoms with E-state index in [0.717, 1.165) is 23.1 Å². The number of rotatable bonds is 6. The van der Waals surface area contributed by atoms with Crippen LogP contribution in [0.15, 0.2) is 46.6 Å². The zero-order valence-corrected chi connectivity index (χ0v) is 19.4. The van der Waals surface area contributed by atoms with Crippen molar-refractivity contribution in [1.29, 1.82) is 0 Å². The first-order chi connectivity index (χ1) is 16.1. The fourth-order valence-corrected chi connectivity index (χ4v) is 5.46. The van der Waals surface area contributed by atoms with Gasteiger partial charge in [-0.15, -0.1) is 11.3 Å². The second-order valence-corrected chi connectivity index (χ2v) is 9.21. The summed E-state index contributed by atoms with van der Waals surface area (Å²) in [6.45, 7) is 2.51. The number of carbonyl (C=O) groups is 1. The topological polar surface area (TPSA) is 98.6 Å². The summed E-state index contributed by atoms with van der Waals surface area (Å²) < 4.78 is 12.1. The zero-order valence-electron chi connectivity index (χ0n) is 17.8. The van der Waals surface area contributed by atoms with E-state index >= 15 is 0 Å². The minimum atomic E-state index is -0.488. The number of morpholine rings is 1. The second kappa shape index (κ2) is 9.30. The number of ether oxygens (including phenoxy) is 2. The maximum atomic E-state index is 13.0. The van der Waals surface area contributed by atoms with E-state index in [9.17, 15) is 9.59 Å². The number of hydrogen-bond acceptors (Lipinski definition) is 9. The summed E-state index contributed by atoms with van der Waals surface area (Å²) in [5.74, 6) is 0.191. The SMILES string of the molecule is COc1ccccc1NC(=O)Cn1c(=O)nc(-c2cccs2)c2nc(N3CCOCC3)sc21. The number of anilines is 2. The molecule has 1 aliphatic rings. The molecule has 5 rings (SSSR count). The molecule has 9 nitrogen and oxygen atoms in total. The quantitative estimate of drug-likeness (QED) is 0.450. The van der Waals surface area contributed by atoms with Crippen LogP contribution in [-0.4, -0.2) is 53.9 Å². The first-order valence-corrected chi connectivity index (χ1v) is 12.0. The largest absolute Gasteiger partial charge is 0.495 e. The number of thiazole rings is 1. The normalized spacial score (nSPS) is 13.9. The Morgan fingerprint density at radius 3 is 2.76 bits per heavy atom. The third-order valence-electron chi connectivity index (χ3n) is 5.22. The third-order valence-corrected chi connectivity index (χ3v) is 7.24. The highest BCUT2D eigenvalue weighted by atomic mass is 32.1. The highest BCUT2D eigenvalue weighted by molar-refractivity contribution is 7.22. The lowest BCUT2D eigenvalue weighted by molar-refractivity contribution is -0.116. The molecule has 4 aromatic rings. The van der Waals surface area contributed by atoms with Gasteiger partial charge >= 0.3 is 5.69 Å². The monoisotopic (exact) mass is 483 g/mol. The lowest BCUT2D eigenvalue weighted by Gasteiger charge is -2.25. The van der Waals surface area contributed by atoms with E-state index in [0.29, 0.717) is 40.7 Å². The minimum absolute atomic E-state index is 0.185. The van der Waals surface area contributed by atoms with Gasteiger partial charge in [0.2, 0.25) is 5.91 Å². The summed E-state index contributed by atoms with van der Waals surface area (Å²) in [6, 6.07) is 11.0. The lowest BCUT2D eigenvalue weighted by Crippen LogP contribution is -2.36. The van der Waals surface area contributed by atoms with Crippen molar-refractivity contribution >= 4 is 49.7 Å². The van der Waals surface area contributed by atoms with Crippen LogP contribution >= 0.6 is 22.7 Å². The number of amides is 1. The average Bonchev–Trinajstić information content (AvgIpc) is 3.52. The van der Waals surface area contributed by atoms with Crippen molar-refractivity contribution in [2.24, 2.45) is 0 Å². The van der Waals surface area contributed by atoms with E-state index in [1.54, 1.807) is 18.2 Å². The number of benzene rings is 1. The molecule has 1 amide bonds. The number of nitrogens with one attached hydrogen (secondary N) is 1. The standard InChI is InChI=1S/C22H21N5O4S2/c1-30-15-6-3-2-5-14(15)23-17(28)13-27-20-19(18(24-21(27)29)16-7-4-12-32-16)25-22(33-20)26-8-10-31-11-9-26/h2-7,12H,8-11,13H2,1H3,(H,23,28). The maximum absolute atomic E-state index is 13.0. The van der Waals surface area contributed by atoms with Gasteiger partial charge in [-0.1, -0.05) is 29.5 Å². The van der Waals surface area contributed by atoms with E-state index in [1.165, 1.54) is 34.4 Å². The molecular weight excluding hydrogens is 462 g/mol. The van der Waals surface area contributed by atoms with Gasteiger partial charge < -0.3 is 19.7 Å². The lowest BCUT2D eigenvalue weighted by atomic mass is 10.3. The average molecular weight is 484 g/mol. The summed E-state index contributed by atoms with van der Waals surface area (Å²) in [4.78, 5) is 38.7. The molecule has 0 radical (unpaired) electrons. The van der Waals surface area contributed by atoms with Crippen LogP contribution in [0, 0.1) is 0 Å². The van der Waals surface area contributed by atoms with Crippen molar-refractivity contribution in [1.82, 2.24) is 14.5 Å². The molecule has 11 heteroatoms. The molecule has 170 valence electrons. The molecule has 0 saturated carbocycles. The van der Waals surface area contributed by atoms with Crippen molar-refractivity contribution in [2.45, 2.75) is 6.54 Å². The Balaban J connectivity index is 1.54. The fourth-order valence-electron chi connectivity index (χ4n) is 3.63. The van der Waals surface area contributed by atoms with Crippen LogP contribution < -0.4 is 20.6 Å². The van der Waals surface area contributed by atoms with Gasteiger partial charge in [-0.25, -0.2) is 9.78 Å². The predicted octanol–water partition coefficient (Wildman–Crippen LogP) is 3.07. The maximum Gasteiger partial charge on any atom is 0.349 e. The number of nitrogens with zero attached hydrogens (tertiary/aromatic N) is 4.